The second kappa shape index (κ2) is 12.3. The van der Waals surface area contributed by atoms with Crippen molar-refractivity contribution in [1.29, 1.82) is 5.41 Å². The number of aromatic nitrogens is 4. The first-order chi connectivity index (χ1) is 24.5. The Morgan fingerprint density at radius 2 is 1.88 bits per heavy atom. The standard InChI is InChI=1S/C37H40F3N9O2/c1-3-29(50)48-19-36(20-48)9-13-46(14-10-36)34-26-15-25(23-6-7-23)31(30-22(2)5-8-28(42)27(30)16-41)33(51-21-37(38,39)40)32(26)44-35(45-34)47-17-24(18-47)49-12-4-11-43-49/h3-5,8,11-12,15-16,23-24,41H,1,6-7,9-10,13-14,17-21,42H2,2H3. The number of nitrogens with zero attached hydrogens (tertiary/aromatic N) is 7. The summed E-state index contributed by atoms with van der Waals surface area (Å²) in [6.45, 7) is 7.86. The van der Waals surface area contributed by atoms with E-state index in [1.54, 1.807) is 12.3 Å². The number of aryl methyl sites for hydroxylation is 1. The van der Waals surface area contributed by atoms with Crippen molar-refractivity contribution >= 4 is 40.5 Å². The molecule has 1 spiro atoms. The summed E-state index contributed by atoms with van der Waals surface area (Å²) in [5, 5.41) is 13.3. The van der Waals surface area contributed by atoms with Crippen molar-refractivity contribution in [2.45, 2.75) is 50.7 Å². The number of amides is 1. The van der Waals surface area contributed by atoms with E-state index in [0.29, 0.717) is 84.3 Å². The lowest BCUT2D eigenvalue weighted by atomic mass is 9.72. The van der Waals surface area contributed by atoms with Gasteiger partial charge in [0.15, 0.2) is 12.4 Å². The van der Waals surface area contributed by atoms with Gasteiger partial charge in [0.05, 0.1) is 6.04 Å². The number of carbonyl (C=O) groups excluding carboxylic acids is 1. The summed E-state index contributed by atoms with van der Waals surface area (Å²) >= 11 is 0. The molecule has 11 nitrogen and oxygen atoms in total. The van der Waals surface area contributed by atoms with Gasteiger partial charge < -0.3 is 30.6 Å². The maximum atomic E-state index is 14.0. The Morgan fingerprint density at radius 1 is 1.14 bits per heavy atom. The van der Waals surface area contributed by atoms with E-state index in [-0.39, 0.29) is 29.0 Å². The number of ether oxygens (including phenoxy) is 1. The number of hydrogen-bond donors (Lipinski definition) is 2. The number of rotatable bonds is 9. The normalized spacial score (nSPS) is 18.9. The molecule has 3 N–H and O–H groups in total. The van der Waals surface area contributed by atoms with E-state index in [2.05, 4.69) is 16.6 Å². The quantitative estimate of drug-likeness (QED) is 0.126. The van der Waals surface area contributed by atoms with Crippen molar-refractivity contribution in [3.05, 3.63) is 66.0 Å². The lowest BCUT2D eigenvalue weighted by molar-refractivity contribution is -0.153. The minimum absolute atomic E-state index is 0.0243. The summed E-state index contributed by atoms with van der Waals surface area (Å²) in [6, 6.07) is 7.56. The van der Waals surface area contributed by atoms with Gasteiger partial charge in [-0.1, -0.05) is 12.6 Å². The van der Waals surface area contributed by atoms with Crippen LogP contribution in [0.1, 0.15) is 54.3 Å². The number of fused-ring (bicyclic) bond motifs is 1. The highest BCUT2D eigenvalue weighted by Crippen LogP contribution is 2.53. The molecule has 3 aliphatic heterocycles. The molecule has 0 atom stereocenters. The van der Waals surface area contributed by atoms with E-state index in [4.69, 9.17) is 25.8 Å². The van der Waals surface area contributed by atoms with Crippen LogP contribution in [0.4, 0.5) is 30.6 Å². The highest BCUT2D eigenvalue weighted by Gasteiger charge is 2.47. The average molecular weight is 700 g/mol. The van der Waals surface area contributed by atoms with Crippen LogP contribution in [0, 0.1) is 17.7 Å². The molecular formula is C37H40F3N9O2. The first kappa shape index (κ1) is 33.0. The second-order valence-corrected chi connectivity index (χ2v) is 14.4. The molecule has 1 aliphatic carbocycles. The highest BCUT2D eigenvalue weighted by molar-refractivity contribution is 6.05. The van der Waals surface area contributed by atoms with Gasteiger partial charge in [0.2, 0.25) is 11.9 Å². The topological polar surface area (TPSA) is 129 Å². The van der Waals surface area contributed by atoms with E-state index in [1.807, 2.05) is 45.8 Å². The molecule has 4 aromatic rings. The fourth-order valence-electron chi connectivity index (χ4n) is 7.95. The Morgan fingerprint density at radius 3 is 2.51 bits per heavy atom. The smallest absolute Gasteiger partial charge is 0.422 e. The second-order valence-electron chi connectivity index (χ2n) is 14.4. The van der Waals surface area contributed by atoms with Crippen molar-refractivity contribution in [1.82, 2.24) is 24.6 Å². The molecule has 14 heteroatoms. The van der Waals surface area contributed by atoms with Gasteiger partial charge in [-0.15, -0.1) is 0 Å². The van der Waals surface area contributed by atoms with Gasteiger partial charge in [0.1, 0.15) is 11.3 Å². The predicted octanol–water partition coefficient (Wildman–Crippen LogP) is 5.88. The number of hydrogen-bond acceptors (Lipinski definition) is 9. The third-order valence-electron chi connectivity index (χ3n) is 10.9. The van der Waals surface area contributed by atoms with Gasteiger partial charge in [-0.05, 0) is 79.5 Å². The number of piperidine rings is 1. The molecular weight excluding hydrogens is 659 g/mol. The fraction of sp³-hybridized carbons (Fsp3) is 0.432. The largest absolute Gasteiger partial charge is 0.481 e. The van der Waals surface area contributed by atoms with Gasteiger partial charge in [-0.2, -0.15) is 23.3 Å². The average Bonchev–Trinajstić information content (AvgIpc) is 3.79. The fourth-order valence-corrected chi connectivity index (χ4v) is 7.95. The Kier molecular flexibility index (Phi) is 7.95. The van der Waals surface area contributed by atoms with Gasteiger partial charge in [0.25, 0.3) is 0 Å². The minimum atomic E-state index is -4.60. The Balaban J connectivity index is 1.29. The highest BCUT2D eigenvalue weighted by atomic mass is 19.4. The number of anilines is 3. The van der Waals surface area contributed by atoms with Crippen molar-refractivity contribution in [3.63, 3.8) is 0 Å². The maximum absolute atomic E-state index is 14.0. The number of alkyl halides is 3. The summed E-state index contributed by atoms with van der Waals surface area (Å²) in [7, 11) is 0. The van der Waals surface area contributed by atoms with Crippen LogP contribution in [0.5, 0.6) is 5.75 Å². The van der Waals surface area contributed by atoms with E-state index in [9.17, 15) is 18.0 Å². The molecule has 51 heavy (non-hydrogen) atoms. The van der Waals surface area contributed by atoms with Crippen LogP contribution in [0.25, 0.3) is 22.0 Å². The van der Waals surface area contributed by atoms with Crippen molar-refractivity contribution in [2.24, 2.45) is 5.41 Å². The van der Waals surface area contributed by atoms with Crippen LogP contribution in [-0.2, 0) is 4.79 Å². The first-order valence-electron chi connectivity index (χ1n) is 17.4. The number of benzene rings is 2. The molecule has 1 saturated carbocycles. The molecule has 8 rings (SSSR count). The zero-order valence-electron chi connectivity index (χ0n) is 28.4. The number of nitrogens with two attached hydrogens (primary N) is 1. The molecule has 1 amide bonds. The zero-order chi connectivity index (χ0) is 35.7. The molecule has 4 fully saturated rings. The van der Waals surface area contributed by atoms with Gasteiger partial charge >= 0.3 is 6.18 Å². The zero-order valence-corrected chi connectivity index (χ0v) is 28.4. The molecule has 0 unspecified atom stereocenters. The molecule has 2 aromatic carbocycles. The molecule has 2 aromatic heterocycles. The molecule has 0 bridgehead atoms. The Labute approximate surface area is 293 Å². The number of nitrogens with one attached hydrogen (secondary N) is 1. The molecule has 4 aliphatic rings. The van der Waals surface area contributed by atoms with E-state index in [0.717, 1.165) is 43.0 Å². The van der Waals surface area contributed by atoms with Crippen molar-refractivity contribution < 1.29 is 22.7 Å². The summed E-state index contributed by atoms with van der Waals surface area (Å²) < 4.78 is 49.8. The van der Waals surface area contributed by atoms with Gasteiger partial charge in [0, 0.05) is 85.5 Å². The van der Waals surface area contributed by atoms with E-state index in [1.165, 1.54) is 6.08 Å². The third-order valence-corrected chi connectivity index (χ3v) is 10.9. The van der Waals surface area contributed by atoms with Crippen LogP contribution >= 0.6 is 0 Å². The van der Waals surface area contributed by atoms with Crippen molar-refractivity contribution in [3.8, 4) is 16.9 Å². The number of likely N-dealkylation sites (tertiary alicyclic amines) is 1. The van der Waals surface area contributed by atoms with Gasteiger partial charge in [-0.3, -0.25) is 9.48 Å². The van der Waals surface area contributed by atoms with Gasteiger partial charge in [-0.25, -0.2) is 4.98 Å². The van der Waals surface area contributed by atoms with E-state index < -0.39 is 12.8 Å². The summed E-state index contributed by atoms with van der Waals surface area (Å²) in [4.78, 5) is 28.4. The third kappa shape index (κ3) is 5.93. The molecule has 0 radical (unpaired) electrons. The van der Waals surface area contributed by atoms with Crippen LogP contribution < -0.4 is 20.3 Å². The summed E-state index contributed by atoms with van der Waals surface area (Å²) in [5.74, 6) is 1.14. The summed E-state index contributed by atoms with van der Waals surface area (Å²) in [6.07, 6.45) is 4.98. The molecule has 266 valence electrons. The Bertz CT molecular complexity index is 2020. The number of carbonyl (C=O) groups is 1. The van der Waals surface area contributed by atoms with Crippen molar-refractivity contribution in [2.75, 3.05) is 61.4 Å². The Hall–Kier alpha value is -5.14. The van der Waals surface area contributed by atoms with Crippen LogP contribution in [0.2, 0.25) is 0 Å². The SMILES string of the molecule is C=CC(=O)N1CC2(CCN(c3nc(N4CC(n5cccn5)C4)nc4c(OCC(F)(F)F)c(-c5c(C)ccc(N)c5C=N)c(C5CC5)cc34)CC2)C1. The van der Waals surface area contributed by atoms with Crippen LogP contribution in [0.3, 0.4) is 0 Å². The summed E-state index contributed by atoms with van der Waals surface area (Å²) in [5.41, 5.74) is 10.2. The monoisotopic (exact) mass is 699 g/mol. The lowest BCUT2D eigenvalue weighted by Gasteiger charge is -2.54. The van der Waals surface area contributed by atoms with Crippen LogP contribution in [-0.4, -0.2) is 88.8 Å². The molecule has 3 saturated heterocycles. The molecule has 5 heterocycles. The minimum Gasteiger partial charge on any atom is -0.481 e. The van der Waals surface area contributed by atoms with E-state index >= 15 is 0 Å². The number of halogens is 3. The lowest BCUT2D eigenvalue weighted by Crippen LogP contribution is -2.61. The number of nitrogen functional groups attached to an aromatic ring is 1. The van der Waals surface area contributed by atoms with Crippen LogP contribution in [0.15, 0.2) is 49.3 Å². The predicted molar refractivity (Wildman–Crippen MR) is 190 cm³/mol. The first-order valence-corrected chi connectivity index (χ1v) is 17.4. The maximum Gasteiger partial charge on any atom is 0.422 e.